The Balaban J connectivity index is 2.40. The molecule has 2 heteroatoms. The maximum Gasteiger partial charge on any atom is 0.0634 e. The second kappa shape index (κ2) is 9.66. The van der Waals surface area contributed by atoms with Gasteiger partial charge in [0.1, 0.15) is 0 Å². The van der Waals surface area contributed by atoms with Gasteiger partial charge in [-0.05, 0) is 35.6 Å². The summed E-state index contributed by atoms with van der Waals surface area (Å²) in [7, 11) is -0.849. The second-order valence-corrected chi connectivity index (χ2v) is 7.50. The molecular weight excluding hydrogens is 309 g/mol. The first-order chi connectivity index (χ1) is 11.8. The van der Waals surface area contributed by atoms with Crippen LogP contribution in [0, 0.1) is 17.8 Å². The summed E-state index contributed by atoms with van der Waals surface area (Å²) < 4.78 is 0. The molecule has 0 fully saturated rings. The number of hydrogen-bond donors (Lipinski definition) is 1. The molecule has 2 rings (SSSR count). The van der Waals surface area contributed by atoms with Crippen LogP contribution in [0.5, 0.6) is 0 Å². The molecule has 0 aromatic heterocycles. The maximum absolute atomic E-state index is 8.73. The molecule has 2 aromatic carbocycles. The van der Waals surface area contributed by atoms with Crippen LogP contribution in [0.1, 0.15) is 19.8 Å². The van der Waals surface area contributed by atoms with Crippen molar-refractivity contribution >= 4 is 24.0 Å². The van der Waals surface area contributed by atoms with Gasteiger partial charge in [0.25, 0.3) is 0 Å². The van der Waals surface area contributed by atoms with E-state index in [4.69, 9.17) is 11.8 Å². The fourth-order valence-electron chi connectivity index (χ4n) is 2.46. The molecule has 120 valence electrons. The number of rotatable bonds is 7. The molecule has 0 aliphatic heterocycles. The first-order valence-electron chi connectivity index (χ1n) is 8.01. The molecule has 0 heterocycles. The highest BCUT2D eigenvalue weighted by molar-refractivity contribution is 7.88. The Labute approximate surface area is 146 Å². The van der Waals surface area contributed by atoms with E-state index in [1.165, 1.54) is 10.6 Å². The van der Waals surface area contributed by atoms with Gasteiger partial charge in [-0.1, -0.05) is 72.8 Å². The van der Waals surface area contributed by atoms with Crippen molar-refractivity contribution in [2.24, 2.45) is 0 Å². The predicted molar refractivity (Wildman–Crippen MR) is 108 cm³/mol. The minimum absolute atomic E-state index is 0.646. The van der Waals surface area contributed by atoms with Gasteiger partial charge >= 0.3 is 0 Å². The average Bonchev–Trinajstić information content (AvgIpc) is 2.62. The van der Waals surface area contributed by atoms with Gasteiger partial charge in [0.2, 0.25) is 0 Å². The van der Waals surface area contributed by atoms with Crippen LogP contribution in [0.15, 0.2) is 84.5 Å². The summed E-state index contributed by atoms with van der Waals surface area (Å²) in [6.45, 7) is 1.99. The SMILES string of the molecule is C#CCCC(/C=C\C)=C/C(=N)P(c1ccccc1)c1ccccc1. The zero-order valence-electron chi connectivity index (χ0n) is 13.9. The summed E-state index contributed by atoms with van der Waals surface area (Å²) in [5.41, 5.74) is 1.76. The van der Waals surface area contributed by atoms with Crippen molar-refractivity contribution in [1.29, 1.82) is 5.41 Å². The van der Waals surface area contributed by atoms with E-state index in [0.29, 0.717) is 11.9 Å². The normalized spacial score (nSPS) is 11.6. The molecule has 0 aliphatic carbocycles. The van der Waals surface area contributed by atoms with Crippen molar-refractivity contribution in [2.75, 3.05) is 0 Å². The van der Waals surface area contributed by atoms with Crippen LogP contribution in [-0.4, -0.2) is 5.45 Å². The number of allylic oxidation sites excluding steroid dienone is 4. The highest BCUT2D eigenvalue weighted by atomic mass is 31.1. The van der Waals surface area contributed by atoms with Gasteiger partial charge in [-0.25, -0.2) is 0 Å². The molecule has 0 radical (unpaired) electrons. The molecule has 2 aromatic rings. The van der Waals surface area contributed by atoms with Crippen LogP contribution < -0.4 is 10.6 Å². The minimum Gasteiger partial charge on any atom is -0.300 e. The number of benzene rings is 2. The van der Waals surface area contributed by atoms with Crippen molar-refractivity contribution in [3.63, 3.8) is 0 Å². The van der Waals surface area contributed by atoms with Gasteiger partial charge in [0, 0.05) is 14.3 Å². The number of terminal acetylenes is 1. The summed E-state index contributed by atoms with van der Waals surface area (Å²) in [6, 6.07) is 20.6. The fraction of sp³-hybridized carbons (Fsp3) is 0.136. The number of hydrogen-bond acceptors (Lipinski definition) is 1. The van der Waals surface area contributed by atoms with E-state index in [9.17, 15) is 0 Å². The maximum atomic E-state index is 8.73. The standard InChI is InChI=1S/C22H22NP/c1-3-5-13-19(12-4-2)18-22(23)24(20-14-8-6-9-15-20)21-16-10-7-11-17-21/h1,4,6-12,14-18,23H,5,13H2,2H3/b12-4-,19-18+,23-22?. The fourth-order valence-corrected chi connectivity index (χ4v) is 4.55. The predicted octanol–water partition coefficient (Wildman–Crippen LogP) is 5.01. The molecule has 1 nitrogen and oxygen atoms in total. The second-order valence-electron chi connectivity index (χ2n) is 5.32. The molecule has 0 saturated heterocycles. The van der Waals surface area contributed by atoms with Crippen molar-refractivity contribution in [2.45, 2.75) is 19.8 Å². The van der Waals surface area contributed by atoms with Crippen LogP contribution >= 0.6 is 7.92 Å². The lowest BCUT2D eigenvalue weighted by Crippen LogP contribution is -2.16. The zero-order valence-corrected chi connectivity index (χ0v) is 14.8. The summed E-state index contributed by atoms with van der Waals surface area (Å²) in [5, 5.41) is 11.1. The molecule has 0 bridgehead atoms. The van der Waals surface area contributed by atoms with Crippen LogP contribution in [-0.2, 0) is 0 Å². The first-order valence-corrected chi connectivity index (χ1v) is 9.36. The van der Waals surface area contributed by atoms with Crippen molar-refractivity contribution in [1.82, 2.24) is 0 Å². The molecule has 0 unspecified atom stereocenters. The Bertz CT molecular complexity index is 712. The molecule has 0 saturated carbocycles. The highest BCUT2D eigenvalue weighted by Gasteiger charge is 2.17. The van der Waals surface area contributed by atoms with Gasteiger partial charge in [0.15, 0.2) is 0 Å². The van der Waals surface area contributed by atoms with E-state index in [-0.39, 0.29) is 0 Å². The quantitative estimate of drug-likeness (QED) is 0.319. The Kier molecular flexibility index (Phi) is 7.21. The lowest BCUT2D eigenvalue weighted by atomic mass is 10.1. The van der Waals surface area contributed by atoms with Gasteiger partial charge in [-0.15, -0.1) is 12.3 Å². The van der Waals surface area contributed by atoms with Crippen LogP contribution in [0.3, 0.4) is 0 Å². The van der Waals surface area contributed by atoms with E-state index in [0.717, 1.165) is 12.0 Å². The monoisotopic (exact) mass is 331 g/mol. The zero-order chi connectivity index (χ0) is 17.2. The van der Waals surface area contributed by atoms with E-state index in [1.54, 1.807) is 0 Å². The van der Waals surface area contributed by atoms with Crippen molar-refractivity contribution < 1.29 is 0 Å². The molecule has 0 amide bonds. The molecule has 24 heavy (non-hydrogen) atoms. The van der Waals surface area contributed by atoms with Crippen LogP contribution in [0.4, 0.5) is 0 Å². The Morgan fingerprint density at radius 2 is 1.58 bits per heavy atom. The summed E-state index contributed by atoms with van der Waals surface area (Å²) >= 11 is 0. The van der Waals surface area contributed by atoms with E-state index < -0.39 is 7.92 Å². The third kappa shape index (κ3) is 5.05. The van der Waals surface area contributed by atoms with Crippen molar-refractivity contribution in [3.8, 4) is 12.3 Å². The third-order valence-electron chi connectivity index (χ3n) is 3.53. The Hall–Kier alpha value is -2.42. The van der Waals surface area contributed by atoms with E-state index >= 15 is 0 Å². The minimum atomic E-state index is -0.849. The van der Waals surface area contributed by atoms with Crippen LogP contribution in [0.2, 0.25) is 0 Å². The third-order valence-corrected chi connectivity index (χ3v) is 5.77. The Morgan fingerprint density at radius 3 is 2.04 bits per heavy atom. The molecular formula is C22H22NP. The van der Waals surface area contributed by atoms with E-state index in [2.05, 4.69) is 36.3 Å². The average molecular weight is 331 g/mol. The Morgan fingerprint density at radius 1 is 1.04 bits per heavy atom. The lowest BCUT2D eigenvalue weighted by molar-refractivity contribution is 1.04. The lowest BCUT2D eigenvalue weighted by Gasteiger charge is -2.18. The van der Waals surface area contributed by atoms with Gasteiger partial charge in [0.05, 0.1) is 5.45 Å². The topological polar surface area (TPSA) is 23.9 Å². The molecule has 0 aliphatic rings. The highest BCUT2D eigenvalue weighted by Crippen LogP contribution is 2.36. The summed E-state index contributed by atoms with van der Waals surface area (Å²) in [4.78, 5) is 0. The largest absolute Gasteiger partial charge is 0.300 e. The van der Waals surface area contributed by atoms with Crippen molar-refractivity contribution in [3.05, 3.63) is 84.5 Å². The molecule has 0 spiro atoms. The van der Waals surface area contributed by atoms with Gasteiger partial charge in [-0.2, -0.15) is 0 Å². The molecule has 1 N–H and O–H groups in total. The van der Waals surface area contributed by atoms with E-state index in [1.807, 2.05) is 55.5 Å². The summed E-state index contributed by atoms with van der Waals surface area (Å²) in [6.07, 6.45) is 12.9. The molecule has 0 atom stereocenters. The summed E-state index contributed by atoms with van der Waals surface area (Å²) in [5.74, 6) is 2.68. The van der Waals surface area contributed by atoms with Gasteiger partial charge in [-0.3, -0.25) is 5.41 Å². The van der Waals surface area contributed by atoms with Crippen LogP contribution in [0.25, 0.3) is 0 Å². The number of nitrogens with one attached hydrogen (secondary N) is 1. The first kappa shape index (κ1) is 17.9. The van der Waals surface area contributed by atoms with Gasteiger partial charge < -0.3 is 0 Å². The smallest absolute Gasteiger partial charge is 0.0634 e.